The van der Waals surface area contributed by atoms with Gasteiger partial charge in [0.1, 0.15) is 19.6 Å². The van der Waals surface area contributed by atoms with Gasteiger partial charge in [0.15, 0.2) is 0 Å². The van der Waals surface area contributed by atoms with Gasteiger partial charge in [-0.25, -0.2) is 0 Å². The van der Waals surface area contributed by atoms with Crippen LogP contribution in [0, 0.1) is 0 Å². The molecule has 0 radical (unpaired) electrons. The molecule has 6 rings (SSSR count). The average molecular weight is 585 g/mol. The number of allylic oxidation sites excluding steroid dienone is 2. The van der Waals surface area contributed by atoms with Crippen molar-refractivity contribution in [2.24, 2.45) is 0 Å². The van der Waals surface area contributed by atoms with Crippen molar-refractivity contribution in [2.45, 2.75) is 78.7 Å². The molecule has 0 N–H and O–H groups in total. The molecule has 2 nitrogen and oxygen atoms in total. The second-order valence-corrected chi connectivity index (χ2v) is 17.5. The summed E-state index contributed by atoms with van der Waals surface area (Å²) < 4.78 is 11.8. The van der Waals surface area contributed by atoms with Crippen LogP contribution in [0.25, 0.3) is 34.4 Å². The first-order valence-corrected chi connectivity index (χ1v) is 18.4. The van der Waals surface area contributed by atoms with Crippen LogP contribution in [0.2, 0.25) is 12.1 Å². The summed E-state index contributed by atoms with van der Waals surface area (Å²) >= 11 is 0. The van der Waals surface area contributed by atoms with Gasteiger partial charge < -0.3 is 9.47 Å². The Morgan fingerprint density at radius 2 is 0.953 bits per heavy atom. The Morgan fingerprint density at radius 3 is 1.30 bits per heavy atom. The summed E-state index contributed by atoms with van der Waals surface area (Å²) in [6.45, 7) is 13.2. The molecule has 0 heterocycles. The third kappa shape index (κ3) is 5.63. The van der Waals surface area contributed by atoms with Crippen molar-refractivity contribution in [2.75, 3.05) is 0 Å². The Hall–Kier alpha value is -3.82. The monoisotopic (exact) mass is 584 g/mol. The Labute approximate surface area is 259 Å². The van der Waals surface area contributed by atoms with E-state index in [1.54, 1.807) is 10.4 Å². The van der Waals surface area contributed by atoms with Crippen LogP contribution in [-0.4, -0.2) is 20.3 Å². The molecule has 2 aliphatic carbocycles. The summed E-state index contributed by atoms with van der Waals surface area (Å²) in [5.41, 5.74) is 10.9. The molecular weight excluding hydrogens is 541 g/mol. The van der Waals surface area contributed by atoms with Gasteiger partial charge in [0.25, 0.3) is 0 Å². The van der Waals surface area contributed by atoms with Gasteiger partial charge >= 0.3 is 0 Å². The molecule has 0 aliphatic heterocycles. The van der Waals surface area contributed by atoms with Crippen LogP contribution >= 0.6 is 0 Å². The smallest absolute Gasteiger partial charge is 0.119 e. The van der Waals surface area contributed by atoms with E-state index in [9.17, 15) is 0 Å². The minimum atomic E-state index is -1.89. The summed E-state index contributed by atoms with van der Waals surface area (Å²) in [4.78, 5) is 0. The van der Waals surface area contributed by atoms with E-state index in [1.165, 1.54) is 56.6 Å². The zero-order chi connectivity index (χ0) is 30.1. The van der Waals surface area contributed by atoms with E-state index in [1.807, 2.05) is 0 Å². The van der Waals surface area contributed by atoms with E-state index in [2.05, 4.69) is 139 Å². The predicted octanol–water partition coefficient (Wildman–Crippen LogP) is 10.7. The molecule has 0 saturated carbocycles. The third-order valence-electron chi connectivity index (χ3n) is 9.30. The average Bonchev–Trinajstić information content (AvgIpc) is 3.64. The van der Waals surface area contributed by atoms with Gasteiger partial charge in [-0.3, -0.25) is 0 Å². The molecule has 4 aromatic carbocycles. The molecular formula is C40H44O2Si. The van der Waals surface area contributed by atoms with E-state index in [-0.39, 0.29) is 12.2 Å². The maximum atomic E-state index is 5.91. The van der Waals surface area contributed by atoms with Gasteiger partial charge in [-0.15, -0.1) is 0 Å². The lowest BCUT2D eigenvalue weighted by atomic mass is 9.97. The van der Waals surface area contributed by atoms with E-state index in [4.69, 9.17) is 9.47 Å². The first-order valence-electron chi connectivity index (χ1n) is 16.0. The van der Waals surface area contributed by atoms with Crippen molar-refractivity contribution >= 4 is 20.2 Å². The van der Waals surface area contributed by atoms with Crippen molar-refractivity contribution in [3.8, 4) is 33.8 Å². The van der Waals surface area contributed by atoms with Crippen molar-refractivity contribution in [1.29, 1.82) is 0 Å². The van der Waals surface area contributed by atoms with E-state index < -0.39 is 8.07 Å². The largest absolute Gasteiger partial charge is 0.491 e. The fraction of sp³-hybridized carbons (Fsp3) is 0.300. The molecule has 0 bridgehead atoms. The molecule has 3 heteroatoms. The van der Waals surface area contributed by atoms with E-state index in [0.29, 0.717) is 0 Å². The normalized spacial score (nSPS) is 14.0. The lowest BCUT2D eigenvalue weighted by Gasteiger charge is -2.33. The SMILES string of the molecule is CC[Si](CC)(C1=Cc2c(cccc2-c2ccc(OC(C)C)cc2)C1)C1=Cc2c(cccc2-c2ccc(OC(C)C)cc2)C1. The van der Waals surface area contributed by atoms with E-state index >= 15 is 0 Å². The summed E-state index contributed by atoms with van der Waals surface area (Å²) in [5, 5.41) is 3.38. The zero-order valence-electron chi connectivity index (χ0n) is 26.5. The lowest BCUT2D eigenvalue weighted by molar-refractivity contribution is 0.242. The van der Waals surface area contributed by atoms with Crippen molar-refractivity contribution in [1.82, 2.24) is 0 Å². The molecule has 0 aromatic heterocycles. The van der Waals surface area contributed by atoms with Crippen molar-refractivity contribution in [3.63, 3.8) is 0 Å². The molecule has 0 atom stereocenters. The third-order valence-corrected chi connectivity index (χ3v) is 14.8. The van der Waals surface area contributed by atoms with Gasteiger partial charge in [-0.05, 0) is 109 Å². The standard InChI is InChI=1S/C40H44O2Si/c1-7-43(8-2,35-23-31-11-9-13-37(39(31)25-35)29-15-19-33(20-16-29)41-27(3)4)36-24-32-12-10-14-38(40(32)26-36)30-17-21-34(22-18-30)42-28(5)6/h9-22,25-28H,7-8,23-24H2,1-6H3. The van der Waals surface area contributed by atoms with Crippen LogP contribution in [0.1, 0.15) is 63.8 Å². The van der Waals surface area contributed by atoms with Crippen molar-refractivity contribution < 1.29 is 9.47 Å². The Kier molecular flexibility index (Phi) is 8.20. The fourth-order valence-corrected chi connectivity index (χ4v) is 11.8. The maximum absolute atomic E-state index is 5.91. The Morgan fingerprint density at radius 1 is 0.558 bits per heavy atom. The van der Waals surface area contributed by atoms with Gasteiger partial charge in [0, 0.05) is 0 Å². The van der Waals surface area contributed by atoms with Gasteiger partial charge in [0.2, 0.25) is 0 Å². The molecule has 43 heavy (non-hydrogen) atoms. The van der Waals surface area contributed by atoms with Crippen LogP contribution in [0.4, 0.5) is 0 Å². The van der Waals surface area contributed by atoms with Gasteiger partial charge in [-0.2, -0.15) is 0 Å². The Bertz CT molecular complexity index is 1550. The summed E-state index contributed by atoms with van der Waals surface area (Å²) in [6.07, 6.45) is 7.67. The minimum Gasteiger partial charge on any atom is -0.491 e. The van der Waals surface area contributed by atoms with Crippen LogP contribution < -0.4 is 9.47 Å². The number of hydrogen-bond donors (Lipinski definition) is 0. The van der Waals surface area contributed by atoms with Gasteiger partial charge in [0.05, 0.1) is 12.2 Å². The zero-order valence-corrected chi connectivity index (χ0v) is 27.5. The minimum absolute atomic E-state index is 0.176. The van der Waals surface area contributed by atoms with Crippen LogP contribution in [0.3, 0.4) is 0 Å². The highest BCUT2D eigenvalue weighted by molar-refractivity contribution is 6.94. The molecule has 0 amide bonds. The molecule has 0 unspecified atom stereocenters. The first kappa shape index (κ1) is 29.3. The van der Waals surface area contributed by atoms with Gasteiger partial charge in [-0.1, -0.05) is 109 Å². The number of ether oxygens (including phenoxy) is 2. The fourth-order valence-electron chi connectivity index (χ4n) is 7.19. The maximum Gasteiger partial charge on any atom is 0.119 e. The highest BCUT2D eigenvalue weighted by Gasteiger charge is 2.41. The number of benzene rings is 4. The Balaban J connectivity index is 1.34. The molecule has 4 aromatic rings. The molecule has 0 fully saturated rings. The number of fused-ring (bicyclic) bond motifs is 2. The first-order chi connectivity index (χ1) is 20.8. The number of hydrogen-bond acceptors (Lipinski definition) is 2. The highest BCUT2D eigenvalue weighted by atomic mass is 28.3. The van der Waals surface area contributed by atoms with Crippen LogP contribution in [0.5, 0.6) is 11.5 Å². The second kappa shape index (κ2) is 12.0. The van der Waals surface area contributed by atoms with Crippen LogP contribution in [0.15, 0.2) is 95.3 Å². The number of rotatable bonds is 10. The summed E-state index contributed by atoms with van der Waals surface area (Å²) in [6, 6.07) is 33.4. The molecule has 0 spiro atoms. The quantitative estimate of drug-likeness (QED) is 0.173. The molecule has 0 saturated heterocycles. The van der Waals surface area contributed by atoms with E-state index in [0.717, 1.165) is 24.3 Å². The predicted molar refractivity (Wildman–Crippen MR) is 185 cm³/mol. The summed E-state index contributed by atoms with van der Waals surface area (Å²) in [5.74, 6) is 1.86. The molecule has 2 aliphatic rings. The second-order valence-electron chi connectivity index (χ2n) is 12.6. The molecule has 220 valence electrons. The highest BCUT2D eigenvalue weighted by Crippen LogP contribution is 2.46. The lowest BCUT2D eigenvalue weighted by Crippen LogP contribution is -2.39. The van der Waals surface area contributed by atoms with Crippen molar-refractivity contribution in [3.05, 3.63) is 118 Å². The van der Waals surface area contributed by atoms with Crippen LogP contribution in [-0.2, 0) is 12.8 Å². The summed E-state index contributed by atoms with van der Waals surface area (Å²) in [7, 11) is -1.89. The topological polar surface area (TPSA) is 18.5 Å².